The van der Waals surface area contributed by atoms with Gasteiger partial charge in [-0.05, 0) is 12.5 Å². The van der Waals surface area contributed by atoms with Gasteiger partial charge < -0.3 is 15.4 Å². The van der Waals surface area contributed by atoms with Crippen molar-refractivity contribution in [3.63, 3.8) is 0 Å². The minimum atomic E-state index is -0.0137. The van der Waals surface area contributed by atoms with Crippen LogP contribution in [0.3, 0.4) is 0 Å². The predicted octanol–water partition coefficient (Wildman–Crippen LogP) is 0.724. The maximum Gasteiger partial charge on any atom is 0.227 e. The fraction of sp³-hybridized carbons (Fsp3) is 0.500. The number of hydrogen-bond acceptors (Lipinski definition) is 3. The predicted molar refractivity (Wildman–Crippen MR) is 70.3 cm³/mol. The van der Waals surface area contributed by atoms with Crippen molar-refractivity contribution in [2.75, 3.05) is 26.2 Å². The zero-order valence-electron chi connectivity index (χ0n) is 10.8. The maximum atomic E-state index is 12.2. The minimum Gasteiger partial charge on any atom is -0.373 e. The van der Waals surface area contributed by atoms with Gasteiger partial charge >= 0.3 is 0 Å². The Balaban J connectivity index is 1.95. The molecule has 1 aliphatic heterocycles. The number of carbonyl (C=O) groups excluding carboxylic acids is 1. The molecular formula is C14H20N2O2. The van der Waals surface area contributed by atoms with Gasteiger partial charge in [-0.2, -0.15) is 0 Å². The summed E-state index contributed by atoms with van der Waals surface area (Å²) in [5.41, 5.74) is 7.82. The molecule has 98 valence electrons. The lowest BCUT2D eigenvalue weighted by Gasteiger charge is -2.32. The average molecular weight is 248 g/mol. The summed E-state index contributed by atoms with van der Waals surface area (Å²) in [6.07, 6.45) is 0.444. The molecule has 1 amide bonds. The number of hydrogen-bond donors (Lipinski definition) is 1. The Labute approximate surface area is 108 Å². The summed E-state index contributed by atoms with van der Waals surface area (Å²) in [5.74, 6) is 0.155. The average Bonchev–Trinajstić information content (AvgIpc) is 2.39. The smallest absolute Gasteiger partial charge is 0.227 e. The van der Waals surface area contributed by atoms with E-state index in [1.165, 1.54) is 5.56 Å². The zero-order valence-corrected chi connectivity index (χ0v) is 10.8. The molecule has 1 aromatic rings. The third kappa shape index (κ3) is 3.31. The fourth-order valence-electron chi connectivity index (χ4n) is 2.20. The van der Waals surface area contributed by atoms with Crippen LogP contribution >= 0.6 is 0 Å². The van der Waals surface area contributed by atoms with E-state index in [1.807, 2.05) is 30.0 Å². The summed E-state index contributed by atoms with van der Waals surface area (Å²) >= 11 is 0. The summed E-state index contributed by atoms with van der Waals surface area (Å²) < 4.78 is 5.46. The van der Waals surface area contributed by atoms with E-state index in [-0.39, 0.29) is 12.0 Å². The van der Waals surface area contributed by atoms with Gasteiger partial charge in [0.25, 0.3) is 0 Å². The largest absolute Gasteiger partial charge is 0.373 e. The SMILES string of the molecule is Cc1cccc(CC(=O)N2CCOC(CN)C2)c1. The molecule has 2 N–H and O–H groups in total. The highest BCUT2D eigenvalue weighted by Gasteiger charge is 2.23. The molecule has 1 atom stereocenters. The number of nitrogens with two attached hydrogens (primary N) is 1. The highest BCUT2D eigenvalue weighted by Crippen LogP contribution is 2.09. The van der Waals surface area contributed by atoms with Crippen LogP contribution in [0, 0.1) is 6.92 Å². The monoisotopic (exact) mass is 248 g/mol. The summed E-state index contributed by atoms with van der Waals surface area (Å²) in [4.78, 5) is 14.0. The van der Waals surface area contributed by atoms with Crippen molar-refractivity contribution < 1.29 is 9.53 Å². The highest BCUT2D eigenvalue weighted by atomic mass is 16.5. The van der Waals surface area contributed by atoms with Crippen molar-refractivity contribution in [2.24, 2.45) is 5.73 Å². The number of benzene rings is 1. The van der Waals surface area contributed by atoms with Crippen LogP contribution < -0.4 is 5.73 Å². The summed E-state index contributed by atoms with van der Waals surface area (Å²) in [5, 5.41) is 0. The van der Waals surface area contributed by atoms with Crippen molar-refractivity contribution in [3.8, 4) is 0 Å². The molecular weight excluding hydrogens is 228 g/mol. The van der Waals surface area contributed by atoms with E-state index in [0.29, 0.717) is 32.7 Å². The van der Waals surface area contributed by atoms with Gasteiger partial charge in [-0.15, -0.1) is 0 Å². The lowest BCUT2D eigenvalue weighted by atomic mass is 10.1. The first kappa shape index (κ1) is 13.1. The molecule has 1 heterocycles. The second-order valence-electron chi connectivity index (χ2n) is 4.73. The Morgan fingerprint density at radius 2 is 2.39 bits per heavy atom. The van der Waals surface area contributed by atoms with Crippen molar-refractivity contribution in [3.05, 3.63) is 35.4 Å². The molecule has 0 saturated carbocycles. The van der Waals surface area contributed by atoms with E-state index >= 15 is 0 Å². The lowest BCUT2D eigenvalue weighted by molar-refractivity contribution is -0.137. The van der Waals surface area contributed by atoms with E-state index < -0.39 is 0 Å². The third-order valence-corrected chi connectivity index (χ3v) is 3.19. The quantitative estimate of drug-likeness (QED) is 0.857. The standard InChI is InChI=1S/C14H20N2O2/c1-11-3-2-4-12(7-11)8-14(17)16-5-6-18-13(9-15)10-16/h2-4,7,13H,5-6,8-10,15H2,1H3. The first-order valence-corrected chi connectivity index (χ1v) is 6.34. The minimum absolute atomic E-state index is 0.0137. The molecule has 18 heavy (non-hydrogen) atoms. The van der Waals surface area contributed by atoms with Crippen LogP contribution in [0.25, 0.3) is 0 Å². The van der Waals surface area contributed by atoms with Gasteiger partial charge in [0.2, 0.25) is 5.91 Å². The normalized spacial score (nSPS) is 19.9. The molecule has 0 spiro atoms. The molecule has 2 rings (SSSR count). The third-order valence-electron chi connectivity index (χ3n) is 3.19. The molecule has 1 aromatic carbocycles. The number of morpholine rings is 1. The number of aryl methyl sites for hydroxylation is 1. The van der Waals surface area contributed by atoms with E-state index in [0.717, 1.165) is 5.56 Å². The van der Waals surface area contributed by atoms with Gasteiger partial charge in [-0.3, -0.25) is 4.79 Å². The Bertz CT molecular complexity index is 420. The van der Waals surface area contributed by atoms with Gasteiger partial charge in [0.05, 0.1) is 19.1 Å². The Morgan fingerprint density at radius 3 is 3.11 bits per heavy atom. The van der Waals surface area contributed by atoms with Crippen LogP contribution in [0.2, 0.25) is 0 Å². The van der Waals surface area contributed by atoms with Crippen LogP contribution in [-0.2, 0) is 16.0 Å². The second kappa shape index (κ2) is 5.98. The fourth-order valence-corrected chi connectivity index (χ4v) is 2.20. The zero-order chi connectivity index (χ0) is 13.0. The first-order chi connectivity index (χ1) is 8.69. The van der Waals surface area contributed by atoms with Crippen molar-refractivity contribution in [2.45, 2.75) is 19.4 Å². The number of amides is 1. The molecule has 4 nitrogen and oxygen atoms in total. The molecule has 4 heteroatoms. The van der Waals surface area contributed by atoms with E-state index in [1.54, 1.807) is 0 Å². The van der Waals surface area contributed by atoms with Crippen LogP contribution in [0.5, 0.6) is 0 Å². The maximum absolute atomic E-state index is 12.2. The topological polar surface area (TPSA) is 55.6 Å². The number of nitrogens with zero attached hydrogens (tertiary/aromatic N) is 1. The van der Waals surface area contributed by atoms with Crippen LogP contribution in [0.1, 0.15) is 11.1 Å². The van der Waals surface area contributed by atoms with Crippen LogP contribution in [-0.4, -0.2) is 43.2 Å². The molecule has 1 unspecified atom stereocenters. The second-order valence-corrected chi connectivity index (χ2v) is 4.73. The summed E-state index contributed by atoms with van der Waals surface area (Å²) in [6.45, 7) is 4.37. The van der Waals surface area contributed by atoms with Gasteiger partial charge in [0.1, 0.15) is 0 Å². The highest BCUT2D eigenvalue weighted by molar-refractivity contribution is 5.79. The van der Waals surface area contributed by atoms with Crippen LogP contribution in [0.4, 0.5) is 0 Å². The summed E-state index contributed by atoms with van der Waals surface area (Å²) in [6, 6.07) is 8.07. The van der Waals surface area contributed by atoms with Crippen LogP contribution in [0.15, 0.2) is 24.3 Å². The first-order valence-electron chi connectivity index (χ1n) is 6.34. The Morgan fingerprint density at radius 1 is 1.56 bits per heavy atom. The molecule has 0 aliphatic carbocycles. The van der Waals surface area contributed by atoms with Gasteiger partial charge in [0.15, 0.2) is 0 Å². The van der Waals surface area contributed by atoms with Crippen molar-refractivity contribution in [1.29, 1.82) is 0 Å². The van der Waals surface area contributed by atoms with Gasteiger partial charge in [0, 0.05) is 19.6 Å². The Kier molecular flexibility index (Phi) is 4.33. The van der Waals surface area contributed by atoms with E-state index in [9.17, 15) is 4.79 Å². The van der Waals surface area contributed by atoms with Crippen molar-refractivity contribution >= 4 is 5.91 Å². The van der Waals surface area contributed by atoms with E-state index in [2.05, 4.69) is 6.07 Å². The molecule has 0 bridgehead atoms. The molecule has 0 radical (unpaired) electrons. The molecule has 1 saturated heterocycles. The number of ether oxygens (including phenoxy) is 1. The lowest BCUT2D eigenvalue weighted by Crippen LogP contribution is -2.48. The number of rotatable bonds is 3. The van der Waals surface area contributed by atoms with Gasteiger partial charge in [-0.1, -0.05) is 29.8 Å². The molecule has 1 fully saturated rings. The number of carbonyl (C=O) groups is 1. The summed E-state index contributed by atoms with van der Waals surface area (Å²) in [7, 11) is 0. The van der Waals surface area contributed by atoms with Gasteiger partial charge in [-0.25, -0.2) is 0 Å². The Hall–Kier alpha value is -1.39. The molecule has 0 aromatic heterocycles. The molecule has 1 aliphatic rings. The van der Waals surface area contributed by atoms with Crippen molar-refractivity contribution in [1.82, 2.24) is 4.90 Å². The van der Waals surface area contributed by atoms with E-state index in [4.69, 9.17) is 10.5 Å².